The molecule has 32 heavy (non-hydrogen) atoms. The molecule has 7 nitrogen and oxygen atoms in total. The molecule has 2 aromatic heterocycles. The fraction of sp³-hybridized carbons (Fsp3) is 0.435. The Morgan fingerprint density at radius 3 is 2.84 bits per heavy atom. The molecule has 0 aliphatic heterocycles. The maximum absolute atomic E-state index is 12.5. The molecule has 0 radical (unpaired) electrons. The average molecular weight is 474 g/mol. The van der Waals surface area contributed by atoms with E-state index in [-0.39, 0.29) is 18.1 Å². The molecule has 0 amide bonds. The molecular weight excluding hydrogens is 446 g/mol. The Labute approximate surface area is 194 Å². The largest absolute Gasteiger partial charge is 0.496 e. The van der Waals surface area contributed by atoms with E-state index in [4.69, 9.17) is 19.4 Å². The summed E-state index contributed by atoms with van der Waals surface area (Å²) in [4.78, 5) is 23.4. The fourth-order valence-electron chi connectivity index (χ4n) is 3.95. The van der Waals surface area contributed by atoms with Crippen LogP contribution in [0.2, 0.25) is 0 Å². The van der Waals surface area contributed by atoms with Gasteiger partial charge in [0.2, 0.25) is 0 Å². The Balaban J connectivity index is 1.64. The summed E-state index contributed by atoms with van der Waals surface area (Å²) in [7, 11) is 0.229. The number of hydrogen-bond acceptors (Lipinski definition) is 8. The van der Waals surface area contributed by atoms with E-state index in [1.54, 1.807) is 25.4 Å². The number of anilines is 1. The minimum Gasteiger partial charge on any atom is -0.496 e. The molecule has 1 unspecified atom stereocenters. The van der Waals surface area contributed by atoms with Crippen molar-refractivity contribution in [2.75, 3.05) is 24.8 Å². The molecule has 0 spiro atoms. The van der Waals surface area contributed by atoms with Crippen molar-refractivity contribution >= 4 is 44.1 Å². The molecule has 1 N–H and O–H groups in total. The Hall–Kier alpha value is -2.52. The number of rotatable bonds is 9. The van der Waals surface area contributed by atoms with Crippen LogP contribution in [0.15, 0.2) is 24.3 Å². The van der Waals surface area contributed by atoms with Gasteiger partial charge in [-0.1, -0.05) is 18.2 Å². The van der Waals surface area contributed by atoms with E-state index < -0.39 is 16.8 Å². The van der Waals surface area contributed by atoms with Crippen LogP contribution in [-0.4, -0.2) is 39.6 Å². The Kier molecular flexibility index (Phi) is 7.36. The van der Waals surface area contributed by atoms with Crippen molar-refractivity contribution < 1.29 is 18.5 Å². The number of nitrogens with zero attached hydrogens (tertiary/aromatic N) is 2. The molecule has 1 atom stereocenters. The van der Waals surface area contributed by atoms with Gasteiger partial charge in [0.05, 0.1) is 24.9 Å². The van der Waals surface area contributed by atoms with Crippen LogP contribution in [0.5, 0.6) is 5.75 Å². The second-order valence-corrected chi connectivity index (χ2v) is 10.1. The van der Waals surface area contributed by atoms with Gasteiger partial charge in [-0.25, -0.2) is 9.97 Å². The fourth-order valence-corrected chi connectivity index (χ4v) is 6.10. The van der Waals surface area contributed by atoms with Crippen LogP contribution in [0.25, 0.3) is 10.2 Å². The third kappa shape index (κ3) is 5.10. The second-order valence-electron chi connectivity index (χ2n) is 7.58. The van der Waals surface area contributed by atoms with Gasteiger partial charge in [0, 0.05) is 27.8 Å². The normalized spacial score (nSPS) is 14.1. The van der Waals surface area contributed by atoms with Crippen LogP contribution in [0, 0.1) is 0 Å². The Bertz CT molecular complexity index is 1150. The lowest BCUT2D eigenvalue weighted by atomic mass is 9.97. The van der Waals surface area contributed by atoms with E-state index in [1.165, 1.54) is 16.9 Å². The molecule has 2 heterocycles. The molecule has 3 aromatic rings. The van der Waals surface area contributed by atoms with Gasteiger partial charge < -0.3 is 14.8 Å². The van der Waals surface area contributed by atoms with Crippen LogP contribution in [0.3, 0.4) is 0 Å². The molecule has 1 aliphatic rings. The first-order chi connectivity index (χ1) is 15.6. The number of ether oxygens (including phenoxy) is 2. The lowest BCUT2D eigenvalue weighted by Gasteiger charge is -2.14. The van der Waals surface area contributed by atoms with Gasteiger partial charge in [-0.2, -0.15) is 0 Å². The van der Waals surface area contributed by atoms with Crippen molar-refractivity contribution in [3.05, 3.63) is 46.1 Å². The Morgan fingerprint density at radius 1 is 1.22 bits per heavy atom. The van der Waals surface area contributed by atoms with Gasteiger partial charge in [-0.3, -0.25) is 9.00 Å². The van der Waals surface area contributed by atoms with Gasteiger partial charge in [0.1, 0.15) is 28.0 Å². The van der Waals surface area contributed by atoms with Crippen LogP contribution in [0.1, 0.15) is 41.6 Å². The summed E-state index contributed by atoms with van der Waals surface area (Å²) in [6, 6.07) is 7.87. The number of carbonyl (C=O) groups excluding carboxylic acids is 1. The zero-order chi connectivity index (χ0) is 22.5. The quantitative estimate of drug-likeness (QED) is 0.470. The summed E-state index contributed by atoms with van der Waals surface area (Å²) >= 11 is 1.70. The molecule has 4 rings (SSSR count). The van der Waals surface area contributed by atoms with Gasteiger partial charge in [-0.05, 0) is 44.2 Å². The third-order valence-electron chi connectivity index (χ3n) is 5.37. The number of carbonyl (C=O) groups is 1. The van der Waals surface area contributed by atoms with Crippen LogP contribution in [-0.2, 0) is 45.5 Å². The molecule has 0 saturated carbocycles. The predicted octanol–water partition coefficient (Wildman–Crippen LogP) is 4.00. The highest BCUT2D eigenvalue weighted by Crippen LogP contribution is 2.39. The lowest BCUT2D eigenvalue weighted by molar-refractivity contribution is -0.139. The highest BCUT2D eigenvalue weighted by molar-refractivity contribution is 7.84. The number of nitrogens with one attached hydrogen (secondary N) is 1. The molecule has 0 bridgehead atoms. The summed E-state index contributed by atoms with van der Waals surface area (Å²) in [5.74, 6) is 1.53. The van der Waals surface area contributed by atoms with Crippen LogP contribution < -0.4 is 10.1 Å². The van der Waals surface area contributed by atoms with E-state index in [0.29, 0.717) is 12.4 Å². The number of aryl methyl sites for hydroxylation is 2. The number of esters is 1. The first-order valence-electron chi connectivity index (χ1n) is 10.8. The van der Waals surface area contributed by atoms with Gasteiger partial charge >= 0.3 is 5.97 Å². The third-order valence-corrected chi connectivity index (χ3v) is 7.70. The minimum absolute atomic E-state index is 0.112. The zero-order valence-electron chi connectivity index (χ0n) is 18.3. The molecule has 0 fully saturated rings. The zero-order valence-corrected chi connectivity index (χ0v) is 19.9. The smallest absolute Gasteiger partial charge is 0.318 e. The number of aromatic nitrogens is 2. The maximum Gasteiger partial charge on any atom is 0.318 e. The van der Waals surface area contributed by atoms with Crippen molar-refractivity contribution in [3.8, 4) is 5.75 Å². The van der Waals surface area contributed by atoms with E-state index in [9.17, 15) is 9.00 Å². The number of thiophene rings is 1. The summed E-state index contributed by atoms with van der Waals surface area (Å²) in [6.45, 7) is 2.55. The minimum atomic E-state index is -1.43. The summed E-state index contributed by atoms with van der Waals surface area (Å²) in [5, 5.41) is 4.54. The van der Waals surface area contributed by atoms with Crippen molar-refractivity contribution in [2.45, 2.75) is 44.9 Å². The molecule has 1 aliphatic carbocycles. The highest BCUT2D eigenvalue weighted by atomic mass is 32.2. The summed E-state index contributed by atoms with van der Waals surface area (Å²) < 4.78 is 22.9. The van der Waals surface area contributed by atoms with Crippen molar-refractivity contribution in [3.63, 3.8) is 0 Å². The molecular formula is C23H27N3O4S2. The monoisotopic (exact) mass is 473 g/mol. The summed E-state index contributed by atoms with van der Waals surface area (Å²) in [6.07, 6.45) is 4.44. The maximum atomic E-state index is 12.5. The Morgan fingerprint density at radius 2 is 2.03 bits per heavy atom. The van der Waals surface area contributed by atoms with Crippen LogP contribution >= 0.6 is 11.3 Å². The van der Waals surface area contributed by atoms with Crippen molar-refractivity contribution in [1.82, 2.24) is 9.97 Å². The number of benzene rings is 1. The van der Waals surface area contributed by atoms with Crippen molar-refractivity contribution in [1.29, 1.82) is 0 Å². The molecule has 170 valence electrons. The van der Waals surface area contributed by atoms with E-state index in [1.807, 2.05) is 24.3 Å². The second kappa shape index (κ2) is 10.4. The average Bonchev–Trinajstić information content (AvgIpc) is 3.16. The number of para-hydroxylation sites is 1. The van der Waals surface area contributed by atoms with E-state index in [2.05, 4.69) is 5.32 Å². The number of fused-ring (bicyclic) bond motifs is 3. The molecule has 9 heteroatoms. The first kappa shape index (κ1) is 22.7. The van der Waals surface area contributed by atoms with E-state index in [0.717, 1.165) is 46.6 Å². The SMILES string of the molecule is CCOC(=O)CS(=O)Cc1nc(NCc2ccccc2OC)c2c3c(sc2n1)CCCC3. The van der Waals surface area contributed by atoms with Crippen LogP contribution in [0.4, 0.5) is 5.82 Å². The number of hydrogen-bond donors (Lipinski definition) is 1. The first-order valence-corrected chi connectivity index (χ1v) is 13.1. The van der Waals surface area contributed by atoms with Gasteiger partial charge in [0.25, 0.3) is 0 Å². The number of methoxy groups -OCH3 is 1. The van der Waals surface area contributed by atoms with Gasteiger partial charge in [0.15, 0.2) is 0 Å². The van der Waals surface area contributed by atoms with Crippen molar-refractivity contribution in [2.24, 2.45) is 0 Å². The van der Waals surface area contributed by atoms with Gasteiger partial charge in [-0.15, -0.1) is 11.3 Å². The molecule has 1 aromatic carbocycles. The highest BCUT2D eigenvalue weighted by Gasteiger charge is 2.22. The van der Waals surface area contributed by atoms with E-state index >= 15 is 0 Å². The predicted molar refractivity (Wildman–Crippen MR) is 128 cm³/mol. The topological polar surface area (TPSA) is 90.4 Å². The summed E-state index contributed by atoms with van der Waals surface area (Å²) in [5.41, 5.74) is 2.36. The molecule has 0 saturated heterocycles. The lowest BCUT2D eigenvalue weighted by Crippen LogP contribution is -2.16. The standard InChI is InChI=1S/C23H27N3O4S2/c1-3-30-20(27)14-32(28)13-19-25-22(24-12-15-8-4-6-10-17(15)29-2)21-16-9-5-7-11-18(16)31-23(21)26-19/h4,6,8,10H,3,5,7,9,11-14H2,1-2H3,(H,24,25,26).